The molecule has 75 heavy (non-hydrogen) atoms. The Hall–Kier alpha value is -10.1. The van der Waals surface area contributed by atoms with Gasteiger partial charge in [0.1, 0.15) is 0 Å². The van der Waals surface area contributed by atoms with Gasteiger partial charge in [0.25, 0.3) is 0 Å². The fourth-order valence-electron chi connectivity index (χ4n) is 12.7. The Morgan fingerprint density at radius 1 is 0.200 bits per heavy atom. The van der Waals surface area contributed by atoms with E-state index < -0.39 is 0 Å². The van der Waals surface area contributed by atoms with E-state index in [1.54, 1.807) is 0 Å². The summed E-state index contributed by atoms with van der Waals surface area (Å²) in [7, 11) is 0. The maximum atomic E-state index is 2.52. The van der Waals surface area contributed by atoms with Gasteiger partial charge < -0.3 is 23.5 Å². The Balaban J connectivity index is 0.985. The summed E-state index contributed by atoms with van der Waals surface area (Å²) in [5.74, 6) is 0. The van der Waals surface area contributed by atoms with Crippen molar-refractivity contribution in [3.63, 3.8) is 0 Å². The highest BCUT2D eigenvalue weighted by atomic mass is 15.2. The van der Waals surface area contributed by atoms with Crippen molar-refractivity contribution in [2.45, 2.75) is 0 Å². The Bertz CT molecular complexity index is 4320. The van der Waals surface area contributed by atoms with Crippen LogP contribution in [0.4, 0.5) is 34.1 Å². The molecule has 5 nitrogen and oxygen atoms in total. The molecular weight excluding hydrogens is 911 g/mol. The number of aromatic nitrogens is 3. The van der Waals surface area contributed by atoms with Crippen LogP contribution >= 0.6 is 0 Å². The summed E-state index contributed by atoms with van der Waals surface area (Å²) in [6.45, 7) is 0. The van der Waals surface area contributed by atoms with Gasteiger partial charge in [0.05, 0.1) is 56.2 Å². The molecule has 0 N–H and O–H groups in total. The number of benzene rings is 11. The number of para-hydroxylation sites is 9. The monoisotopic (exact) mass is 955 g/mol. The average molecular weight is 956 g/mol. The number of hydrogen-bond donors (Lipinski definition) is 0. The normalized spacial score (nSPS) is 12.5. The second-order valence-electron chi connectivity index (χ2n) is 19.6. The zero-order chi connectivity index (χ0) is 49.1. The van der Waals surface area contributed by atoms with Crippen molar-refractivity contribution >= 4 is 77.7 Å². The quantitative estimate of drug-likeness (QED) is 0.171. The van der Waals surface area contributed by atoms with Gasteiger partial charge in [0.15, 0.2) is 0 Å². The molecule has 2 aliphatic rings. The van der Waals surface area contributed by atoms with E-state index in [2.05, 4.69) is 296 Å². The molecule has 0 amide bonds. The first-order chi connectivity index (χ1) is 37.3. The molecular formula is C70H45N5. The number of hydrogen-bond acceptors (Lipinski definition) is 2. The van der Waals surface area contributed by atoms with Crippen LogP contribution in [0, 0.1) is 0 Å². The van der Waals surface area contributed by atoms with Crippen LogP contribution < -0.4 is 9.80 Å². The van der Waals surface area contributed by atoms with Gasteiger partial charge in [-0.15, -0.1) is 0 Å². The number of rotatable bonds is 5. The van der Waals surface area contributed by atoms with Crippen LogP contribution in [0.3, 0.4) is 0 Å². The Morgan fingerprint density at radius 3 is 0.947 bits per heavy atom. The molecule has 2 aliphatic heterocycles. The predicted octanol–water partition coefficient (Wildman–Crippen LogP) is 18.9. The lowest BCUT2D eigenvalue weighted by Crippen LogP contribution is -2.11. The van der Waals surface area contributed by atoms with Crippen molar-refractivity contribution in [1.82, 2.24) is 13.7 Å². The molecule has 5 heteroatoms. The fourth-order valence-corrected chi connectivity index (χ4v) is 12.7. The Morgan fingerprint density at radius 2 is 0.520 bits per heavy atom. The van der Waals surface area contributed by atoms with E-state index in [9.17, 15) is 0 Å². The van der Waals surface area contributed by atoms with Crippen LogP contribution in [-0.4, -0.2) is 13.7 Å². The smallest absolute Gasteiger partial charge is 0.0641 e. The fraction of sp³-hybridized carbons (Fsp3) is 0. The first-order valence-corrected chi connectivity index (χ1v) is 25.8. The van der Waals surface area contributed by atoms with Gasteiger partial charge in [-0.3, -0.25) is 0 Å². The van der Waals surface area contributed by atoms with Crippen LogP contribution in [0.5, 0.6) is 0 Å². The SMILES string of the molecule is c1ccc(N2c3ccccc3-c3c(n(-c4ccc5c(c4)c4cc(-n6c7c(c8ccccc86)-c6ccccc6N(c6ccccc6)c6ccccc6-7)ccc4n5-c4ccccc4)c4ccccc34)-c3ccccc32)cc1. The molecule has 0 spiro atoms. The predicted molar refractivity (Wildman–Crippen MR) is 313 cm³/mol. The van der Waals surface area contributed by atoms with Crippen molar-refractivity contribution in [1.29, 1.82) is 0 Å². The number of fused-ring (bicyclic) bond motifs is 17. The Kier molecular flexibility index (Phi) is 8.97. The van der Waals surface area contributed by atoms with E-state index in [4.69, 9.17) is 0 Å². The zero-order valence-corrected chi connectivity index (χ0v) is 40.7. The molecule has 0 unspecified atom stereocenters. The Labute approximate surface area is 433 Å². The van der Waals surface area contributed by atoms with Crippen LogP contribution in [-0.2, 0) is 0 Å². The molecule has 11 aromatic carbocycles. The average Bonchev–Trinajstić information content (AvgIpc) is 4.17. The van der Waals surface area contributed by atoms with Crippen LogP contribution in [0.15, 0.2) is 273 Å². The van der Waals surface area contributed by atoms with Gasteiger partial charge >= 0.3 is 0 Å². The molecule has 5 heterocycles. The summed E-state index contributed by atoms with van der Waals surface area (Å²) in [6, 6.07) is 100. The van der Waals surface area contributed by atoms with Crippen LogP contribution in [0.1, 0.15) is 0 Å². The van der Waals surface area contributed by atoms with Crippen molar-refractivity contribution in [3.05, 3.63) is 273 Å². The van der Waals surface area contributed by atoms with Crippen molar-refractivity contribution < 1.29 is 0 Å². The zero-order valence-electron chi connectivity index (χ0n) is 40.7. The largest absolute Gasteiger partial charge is 0.309 e. The summed E-state index contributed by atoms with van der Waals surface area (Å²) >= 11 is 0. The van der Waals surface area contributed by atoms with Crippen molar-refractivity contribution in [2.24, 2.45) is 0 Å². The van der Waals surface area contributed by atoms with Crippen LogP contribution in [0.25, 0.3) is 105 Å². The first-order valence-electron chi connectivity index (χ1n) is 25.8. The third-order valence-corrected chi connectivity index (χ3v) is 15.7. The highest BCUT2D eigenvalue weighted by molar-refractivity contribution is 6.16. The van der Waals surface area contributed by atoms with E-state index in [-0.39, 0.29) is 0 Å². The van der Waals surface area contributed by atoms with Crippen molar-refractivity contribution in [3.8, 4) is 61.8 Å². The van der Waals surface area contributed by atoms with Gasteiger partial charge in [0.2, 0.25) is 0 Å². The van der Waals surface area contributed by atoms with Crippen LogP contribution in [0.2, 0.25) is 0 Å². The molecule has 350 valence electrons. The second-order valence-corrected chi connectivity index (χ2v) is 19.6. The van der Waals surface area contributed by atoms with Gasteiger partial charge in [0, 0.05) is 83.4 Å². The first kappa shape index (κ1) is 41.5. The molecule has 0 saturated carbocycles. The summed E-state index contributed by atoms with van der Waals surface area (Å²) in [4.78, 5) is 4.87. The molecule has 0 aliphatic carbocycles. The van der Waals surface area contributed by atoms with Gasteiger partial charge in [-0.05, 0) is 109 Å². The van der Waals surface area contributed by atoms with Crippen molar-refractivity contribution in [2.75, 3.05) is 9.80 Å². The molecule has 0 radical (unpaired) electrons. The topological polar surface area (TPSA) is 21.3 Å². The maximum Gasteiger partial charge on any atom is 0.0641 e. The molecule has 0 atom stereocenters. The van der Waals surface area contributed by atoms with E-state index in [0.717, 1.165) is 73.3 Å². The van der Waals surface area contributed by atoms with E-state index in [0.29, 0.717) is 0 Å². The third kappa shape index (κ3) is 6.01. The minimum absolute atomic E-state index is 1.10. The molecule has 3 aromatic heterocycles. The highest BCUT2D eigenvalue weighted by Crippen LogP contribution is 2.56. The van der Waals surface area contributed by atoms with Gasteiger partial charge in [-0.25, -0.2) is 0 Å². The summed E-state index contributed by atoms with van der Waals surface area (Å²) in [5, 5.41) is 4.78. The second kappa shape index (κ2) is 16.2. The highest BCUT2D eigenvalue weighted by Gasteiger charge is 2.33. The van der Waals surface area contributed by atoms with Gasteiger partial charge in [-0.1, -0.05) is 164 Å². The third-order valence-electron chi connectivity index (χ3n) is 15.7. The van der Waals surface area contributed by atoms with E-state index in [1.807, 2.05) is 0 Å². The standard InChI is InChI=1S/C70H45N5/c1-4-22-46(23-5-1)71-59-34-16-10-28-51(59)67-53-30-12-18-36-61(53)74(69(67)55-32-14-20-38-63(55)71)49-40-42-65-57(44-49)58-45-50(41-43-66(58)73(65)48-26-8-3-9-27-48)75-62-37-19-13-31-54(62)68-52-29-11-17-35-60(52)72(47-24-6-2-7-25-47)64-39-21-15-33-56(64)70(68)75/h1-45H. The molecule has 16 rings (SSSR count). The molecule has 0 saturated heterocycles. The minimum Gasteiger partial charge on any atom is -0.309 e. The lowest BCUT2D eigenvalue weighted by molar-refractivity contribution is 1.13. The molecule has 14 aromatic rings. The lowest BCUT2D eigenvalue weighted by atomic mass is 9.98. The van der Waals surface area contributed by atoms with E-state index >= 15 is 0 Å². The number of anilines is 6. The summed E-state index contributed by atoms with van der Waals surface area (Å²) in [5.41, 5.74) is 24.3. The van der Waals surface area contributed by atoms with E-state index in [1.165, 1.54) is 66.3 Å². The van der Waals surface area contributed by atoms with Gasteiger partial charge in [-0.2, -0.15) is 0 Å². The summed E-state index contributed by atoms with van der Waals surface area (Å²) < 4.78 is 7.49. The molecule has 0 fully saturated rings. The lowest BCUT2D eigenvalue weighted by Gasteiger charge is -2.27. The number of nitrogens with zero attached hydrogens (tertiary/aromatic N) is 5. The minimum atomic E-state index is 1.10. The summed E-state index contributed by atoms with van der Waals surface area (Å²) in [6.07, 6.45) is 0. The molecule has 0 bridgehead atoms. The maximum absolute atomic E-state index is 2.52.